The highest BCUT2D eigenvalue weighted by atomic mass is 35.5. The fraction of sp³-hybridized carbons (Fsp3) is 0.458. The van der Waals surface area contributed by atoms with Crippen LogP contribution in [0.5, 0.6) is 5.75 Å². The Morgan fingerprint density at radius 2 is 1.63 bits per heavy atom. The van der Waals surface area contributed by atoms with E-state index in [2.05, 4.69) is 47.1 Å². The average molecular weight is 971 g/mol. The molecule has 5 heterocycles. The summed E-state index contributed by atoms with van der Waals surface area (Å²) in [5.41, 5.74) is 4.63. The van der Waals surface area contributed by atoms with Gasteiger partial charge in [0.1, 0.15) is 16.8 Å². The molecule has 4 aliphatic rings. The second-order valence-electron chi connectivity index (χ2n) is 17.4. The number of nitrogens with one attached hydrogen (secondary N) is 4. The number of piperidine rings is 2. The lowest BCUT2D eigenvalue weighted by atomic mass is 10.0. The molecule has 1 aromatic heterocycles. The van der Waals surface area contributed by atoms with Crippen molar-refractivity contribution in [1.29, 1.82) is 0 Å². The number of methoxy groups -OCH3 is 1. The van der Waals surface area contributed by atoms with E-state index < -0.39 is 19.5 Å². The number of nitrogens with zero attached hydrogens (tertiary/aromatic N) is 6. The third kappa shape index (κ3) is 11.2. The maximum atomic E-state index is 13.2. The fourth-order valence-electron chi connectivity index (χ4n) is 9.49. The second-order valence-corrected chi connectivity index (χ2v) is 20.0. The van der Waals surface area contributed by atoms with Crippen LogP contribution in [-0.2, 0) is 34.5 Å². The summed E-state index contributed by atoms with van der Waals surface area (Å²) in [4.78, 5) is 67.6. The summed E-state index contributed by atoms with van der Waals surface area (Å²) in [5, 5.41) is 12.8. The molecule has 1 atom stereocenters. The van der Waals surface area contributed by atoms with Crippen LogP contribution in [-0.4, -0.2) is 128 Å². The molecule has 0 radical (unpaired) electrons. The zero-order valence-corrected chi connectivity index (χ0v) is 40.5. The number of aromatic nitrogens is 2. The van der Waals surface area contributed by atoms with Gasteiger partial charge in [0.15, 0.2) is 5.82 Å². The number of para-hydroxylation sites is 1. The number of carbonyl (C=O) groups excluding carboxylic acids is 4. The number of rotatable bonds is 19. The first-order valence-electron chi connectivity index (χ1n) is 23.3. The zero-order valence-electron chi connectivity index (χ0n) is 38.8. The molecule has 18 nitrogen and oxygen atoms in total. The number of imide groups is 1. The van der Waals surface area contributed by atoms with Gasteiger partial charge in [-0.15, -0.1) is 0 Å². The molecule has 3 aromatic carbocycles. The van der Waals surface area contributed by atoms with E-state index in [1.165, 1.54) is 20.4 Å². The van der Waals surface area contributed by atoms with E-state index in [0.29, 0.717) is 59.2 Å². The van der Waals surface area contributed by atoms with Gasteiger partial charge in [0.2, 0.25) is 23.7 Å². The summed E-state index contributed by atoms with van der Waals surface area (Å²) in [6.07, 6.45) is 8.53. The number of piperazine rings is 1. The van der Waals surface area contributed by atoms with E-state index in [-0.39, 0.29) is 35.1 Å². The highest BCUT2D eigenvalue weighted by Gasteiger charge is 2.39. The van der Waals surface area contributed by atoms with E-state index in [0.717, 1.165) is 101 Å². The molecule has 0 bridgehead atoms. The molecule has 20 heteroatoms. The maximum Gasteiger partial charge on any atom is 0.362 e. The third-order valence-electron chi connectivity index (χ3n) is 13.3. The number of hydrogen-bond donors (Lipinski definition) is 4. The van der Waals surface area contributed by atoms with Crippen LogP contribution in [0, 0.1) is 0 Å². The van der Waals surface area contributed by atoms with Gasteiger partial charge in [-0.05, 0) is 80.1 Å². The number of fused-ring (bicyclic) bond motifs is 1. The predicted octanol–water partition coefficient (Wildman–Crippen LogP) is 6.67. The van der Waals surface area contributed by atoms with E-state index in [1.54, 1.807) is 36.3 Å². The molecule has 3 fully saturated rings. The molecule has 0 spiro atoms. The van der Waals surface area contributed by atoms with Gasteiger partial charge < -0.3 is 44.4 Å². The Balaban J connectivity index is 0.727. The second kappa shape index (κ2) is 22.1. The third-order valence-corrected chi connectivity index (χ3v) is 15.5. The van der Waals surface area contributed by atoms with E-state index >= 15 is 0 Å². The topological polar surface area (TPSA) is 200 Å². The lowest BCUT2D eigenvalue weighted by molar-refractivity contribution is -0.137. The van der Waals surface area contributed by atoms with Gasteiger partial charge in [-0.2, -0.15) is 4.98 Å². The Kier molecular flexibility index (Phi) is 15.8. The van der Waals surface area contributed by atoms with Crippen LogP contribution < -0.4 is 36.2 Å². The SMILES string of the molecule is COc1cc(N2CCC(N3CCN(C(=O)CCCCCCNc4ccc5c(c4)CN(C4CCC(=O)NC4=O)C5=O)CC3)CC2)ccc1Nc1ncc(Cl)c(Nc2ccccc2P(=O)(OC)OC)n1. The first-order valence-corrected chi connectivity index (χ1v) is 25.2. The normalized spacial score (nSPS) is 18.1. The molecular formula is C48H60ClN10O8P. The molecule has 0 saturated carbocycles. The molecule has 3 saturated heterocycles. The van der Waals surface area contributed by atoms with Crippen LogP contribution in [0.3, 0.4) is 0 Å². The smallest absolute Gasteiger partial charge is 0.362 e. The number of unbranched alkanes of at least 4 members (excludes halogenated alkanes) is 3. The molecule has 68 heavy (non-hydrogen) atoms. The summed E-state index contributed by atoms with van der Waals surface area (Å²) in [6.45, 7) is 6.26. The summed E-state index contributed by atoms with van der Waals surface area (Å²) < 4.78 is 29.5. The molecule has 4 aliphatic heterocycles. The van der Waals surface area contributed by atoms with Crippen molar-refractivity contribution in [2.75, 3.05) is 88.0 Å². The predicted molar refractivity (Wildman–Crippen MR) is 262 cm³/mol. The van der Waals surface area contributed by atoms with Crippen LogP contribution in [0.2, 0.25) is 5.02 Å². The number of benzene rings is 3. The standard InChI is InChI=1S/C48H60ClN10O8P/c1-65-41-29-35(14-16-38(41)53-48-51-30-37(49)45(55-48)52-39-10-7-8-11-42(39)68(64,66-2)67-3)56-22-19-34(20-23-56)57-24-26-58(27-25-57)44(61)12-6-4-5-9-21-50-33-13-15-36-32(28-33)31-59(47(36)63)40-17-18-43(60)54-46(40)62/h7-8,10-11,13-16,28-30,34,40,50H,4-6,9,12,17-27,31H2,1-3H3,(H,54,60,62)(H2,51,52,53,55). The first kappa shape index (κ1) is 48.7. The largest absolute Gasteiger partial charge is 0.494 e. The minimum Gasteiger partial charge on any atom is -0.494 e. The van der Waals surface area contributed by atoms with Crippen molar-refractivity contribution in [2.24, 2.45) is 0 Å². The van der Waals surface area contributed by atoms with Crippen molar-refractivity contribution < 1.29 is 37.5 Å². The Labute approximate surface area is 401 Å². The van der Waals surface area contributed by atoms with Crippen LogP contribution in [0.25, 0.3) is 0 Å². The molecule has 4 N–H and O–H groups in total. The van der Waals surface area contributed by atoms with Crippen LogP contribution in [0.15, 0.2) is 66.9 Å². The average Bonchev–Trinajstić information content (AvgIpc) is 3.69. The Morgan fingerprint density at radius 1 is 0.868 bits per heavy atom. The number of ether oxygens (including phenoxy) is 1. The van der Waals surface area contributed by atoms with Crippen LogP contribution in [0.4, 0.5) is 34.5 Å². The maximum absolute atomic E-state index is 13.2. The van der Waals surface area contributed by atoms with Crippen LogP contribution >= 0.6 is 19.2 Å². The highest BCUT2D eigenvalue weighted by Crippen LogP contribution is 2.47. The van der Waals surface area contributed by atoms with Gasteiger partial charge in [-0.1, -0.05) is 36.6 Å². The summed E-state index contributed by atoms with van der Waals surface area (Å²) in [6, 6.07) is 18.5. The van der Waals surface area contributed by atoms with E-state index in [4.69, 9.17) is 25.4 Å². The van der Waals surface area contributed by atoms with Crippen molar-refractivity contribution in [1.82, 2.24) is 30.0 Å². The van der Waals surface area contributed by atoms with Gasteiger partial charge in [0, 0.05) is 108 Å². The summed E-state index contributed by atoms with van der Waals surface area (Å²) >= 11 is 6.49. The van der Waals surface area contributed by atoms with Gasteiger partial charge >= 0.3 is 7.60 Å². The highest BCUT2D eigenvalue weighted by molar-refractivity contribution is 7.62. The number of amides is 4. The van der Waals surface area contributed by atoms with E-state index in [1.807, 2.05) is 35.2 Å². The van der Waals surface area contributed by atoms with Gasteiger partial charge in [-0.3, -0.25) is 34.0 Å². The summed E-state index contributed by atoms with van der Waals surface area (Å²) in [5.74, 6) is 0.591. The lowest BCUT2D eigenvalue weighted by Crippen LogP contribution is -2.54. The molecule has 4 amide bonds. The summed E-state index contributed by atoms with van der Waals surface area (Å²) in [7, 11) is 0.723. The first-order chi connectivity index (χ1) is 33.0. The molecule has 8 rings (SSSR count). The van der Waals surface area contributed by atoms with Crippen molar-refractivity contribution in [3.8, 4) is 5.75 Å². The molecule has 4 aromatic rings. The molecule has 0 aliphatic carbocycles. The Hall–Kier alpha value is -5.78. The van der Waals surface area contributed by atoms with E-state index in [9.17, 15) is 23.7 Å². The number of hydrogen-bond acceptors (Lipinski definition) is 15. The Bertz CT molecular complexity index is 2530. The van der Waals surface area contributed by atoms with Gasteiger partial charge in [0.05, 0.1) is 30.0 Å². The van der Waals surface area contributed by atoms with Crippen molar-refractivity contribution in [3.63, 3.8) is 0 Å². The molecule has 362 valence electrons. The number of carbonyl (C=O) groups is 4. The van der Waals surface area contributed by atoms with Crippen LogP contribution in [0.1, 0.15) is 73.7 Å². The van der Waals surface area contributed by atoms with Gasteiger partial charge in [-0.25, -0.2) is 4.98 Å². The van der Waals surface area contributed by atoms with Crippen molar-refractivity contribution in [2.45, 2.75) is 76.4 Å². The zero-order chi connectivity index (χ0) is 47.8. The van der Waals surface area contributed by atoms with Crippen molar-refractivity contribution in [3.05, 3.63) is 83.0 Å². The molecule has 1 unspecified atom stereocenters. The lowest BCUT2D eigenvalue weighted by Gasteiger charge is -2.43. The monoisotopic (exact) mass is 970 g/mol. The molecular weight excluding hydrogens is 911 g/mol. The quantitative estimate of drug-likeness (QED) is 0.0441. The fourth-order valence-corrected chi connectivity index (χ4v) is 10.9. The number of halogens is 1. The minimum absolute atomic E-state index is 0.170. The number of anilines is 6. The minimum atomic E-state index is -3.57. The van der Waals surface area contributed by atoms with Crippen molar-refractivity contribution >= 4 is 82.6 Å². The van der Waals surface area contributed by atoms with Gasteiger partial charge in [0.25, 0.3) is 5.91 Å². The Morgan fingerprint density at radius 3 is 2.38 bits per heavy atom.